The first-order valence-electron chi connectivity index (χ1n) is 8.17. The number of sulfonamides is 1. The van der Waals surface area contributed by atoms with E-state index < -0.39 is 10.0 Å². The molecule has 120 valence electrons. The summed E-state index contributed by atoms with van der Waals surface area (Å²) in [4.78, 5) is 0. The lowest BCUT2D eigenvalue weighted by atomic mass is 10.1. The molecule has 0 aromatic heterocycles. The molecule has 0 aromatic rings. The van der Waals surface area contributed by atoms with E-state index in [0.717, 1.165) is 38.5 Å². The predicted octanol–water partition coefficient (Wildman–Crippen LogP) is 2.74. The molecule has 0 amide bonds. The molecule has 1 rings (SSSR count). The summed E-state index contributed by atoms with van der Waals surface area (Å²) >= 11 is 0. The lowest BCUT2D eigenvalue weighted by molar-refractivity contribution is 0.290. The van der Waals surface area contributed by atoms with Crippen molar-refractivity contribution in [3.63, 3.8) is 0 Å². The molecule has 0 aromatic carbocycles. The van der Waals surface area contributed by atoms with E-state index in [1.165, 1.54) is 12.8 Å². The van der Waals surface area contributed by atoms with E-state index in [1.807, 2.05) is 0 Å². The zero-order valence-electron chi connectivity index (χ0n) is 13.2. The molecular weight excluding hydrogens is 272 g/mol. The topological polar surface area (TPSA) is 63.4 Å². The van der Waals surface area contributed by atoms with Crippen LogP contribution in [0.2, 0.25) is 0 Å². The van der Waals surface area contributed by atoms with Gasteiger partial charge in [-0.2, -0.15) is 4.31 Å². The van der Waals surface area contributed by atoms with Crippen LogP contribution in [0.1, 0.15) is 65.2 Å². The zero-order valence-corrected chi connectivity index (χ0v) is 14.0. The summed E-state index contributed by atoms with van der Waals surface area (Å²) in [6.07, 6.45) is 8.34. The van der Waals surface area contributed by atoms with Crippen LogP contribution in [0.4, 0.5) is 0 Å². The number of rotatable bonds is 8. The van der Waals surface area contributed by atoms with Gasteiger partial charge in [-0.15, -0.1) is 0 Å². The molecule has 0 bridgehead atoms. The maximum atomic E-state index is 12.6. The van der Waals surface area contributed by atoms with Crippen LogP contribution in [-0.2, 0) is 10.0 Å². The highest BCUT2D eigenvalue weighted by atomic mass is 32.2. The first-order chi connectivity index (χ1) is 9.47. The number of nitrogens with zero attached hydrogens (tertiary/aromatic N) is 1. The van der Waals surface area contributed by atoms with E-state index in [9.17, 15) is 8.42 Å². The second-order valence-corrected chi connectivity index (χ2v) is 8.44. The van der Waals surface area contributed by atoms with Gasteiger partial charge in [0.2, 0.25) is 10.0 Å². The Labute approximate surface area is 125 Å². The Balaban J connectivity index is 2.74. The molecule has 5 heteroatoms. The highest BCUT2D eigenvalue weighted by Gasteiger charge is 2.29. The Morgan fingerprint density at radius 2 is 1.75 bits per heavy atom. The van der Waals surface area contributed by atoms with E-state index in [0.29, 0.717) is 19.0 Å². The van der Waals surface area contributed by atoms with Crippen molar-refractivity contribution in [1.29, 1.82) is 0 Å². The summed E-state index contributed by atoms with van der Waals surface area (Å²) in [6.45, 7) is 5.31. The quantitative estimate of drug-likeness (QED) is 0.701. The highest BCUT2D eigenvalue weighted by molar-refractivity contribution is 7.89. The van der Waals surface area contributed by atoms with Crippen LogP contribution < -0.4 is 5.73 Å². The minimum Gasteiger partial charge on any atom is -0.330 e. The van der Waals surface area contributed by atoms with Crippen LogP contribution in [0.3, 0.4) is 0 Å². The monoisotopic (exact) mass is 304 g/mol. The van der Waals surface area contributed by atoms with Crippen LogP contribution in [0.5, 0.6) is 0 Å². The fourth-order valence-corrected chi connectivity index (χ4v) is 4.92. The molecule has 1 aliphatic rings. The number of nitrogens with two attached hydrogens (primary N) is 1. The minimum absolute atomic E-state index is 0.209. The van der Waals surface area contributed by atoms with Gasteiger partial charge in [-0.05, 0) is 38.1 Å². The largest absolute Gasteiger partial charge is 0.330 e. The SMILES string of the molecule is CC(C)CCS(=O)(=O)N(CCCN)C1CCCCCC1. The molecule has 0 atom stereocenters. The molecule has 0 aliphatic heterocycles. The van der Waals surface area contributed by atoms with Gasteiger partial charge in [-0.25, -0.2) is 8.42 Å². The second-order valence-electron chi connectivity index (χ2n) is 6.40. The van der Waals surface area contributed by atoms with Gasteiger partial charge in [-0.1, -0.05) is 39.5 Å². The van der Waals surface area contributed by atoms with Gasteiger partial charge in [-0.3, -0.25) is 0 Å². The average Bonchev–Trinajstić information content (AvgIpc) is 2.66. The molecule has 0 spiro atoms. The van der Waals surface area contributed by atoms with Crippen molar-refractivity contribution in [2.45, 2.75) is 71.3 Å². The smallest absolute Gasteiger partial charge is 0.214 e. The lowest BCUT2D eigenvalue weighted by Crippen LogP contribution is -2.42. The third kappa shape index (κ3) is 6.10. The van der Waals surface area contributed by atoms with Gasteiger partial charge >= 0.3 is 0 Å². The molecular formula is C15H32N2O2S. The molecule has 0 heterocycles. The molecule has 4 nitrogen and oxygen atoms in total. The molecule has 20 heavy (non-hydrogen) atoms. The van der Waals surface area contributed by atoms with E-state index in [2.05, 4.69) is 13.8 Å². The summed E-state index contributed by atoms with van der Waals surface area (Å²) in [7, 11) is -3.13. The lowest BCUT2D eigenvalue weighted by Gasteiger charge is -2.30. The normalized spacial score (nSPS) is 18.6. The standard InChI is InChI=1S/C15H32N2O2S/c1-14(2)10-13-20(18,19)17(12-7-11-16)15-8-5-3-4-6-9-15/h14-15H,3-13,16H2,1-2H3. The average molecular weight is 305 g/mol. The van der Waals surface area contributed by atoms with Crippen LogP contribution in [-0.4, -0.2) is 37.6 Å². The third-order valence-electron chi connectivity index (χ3n) is 4.13. The first kappa shape index (κ1) is 17.9. The maximum Gasteiger partial charge on any atom is 0.214 e. The van der Waals surface area contributed by atoms with Crippen molar-refractivity contribution in [3.8, 4) is 0 Å². The summed E-state index contributed by atoms with van der Waals surface area (Å²) in [5, 5.41) is 0. The molecule has 0 unspecified atom stereocenters. The van der Waals surface area contributed by atoms with Gasteiger partial charge in [0.15, 0.2) is 0 Å². The maximum absolute atomic E-state index is 12.6. The van der Waals surface area contributed by atoms with Crippen LogP contribution in [0.25, 0.3) is 0 Å². The van der Waals surface area contributed by atoms with Crippen molar-refractivity contribution in [2.75, 3.05) is 18.8 Å². The van der Waals surface area contributed by atoms with Gasteiger partial charge in [0.05, 0.1) is 5.75 Å². The highest BCUT2D eigenvalue weighted by Crippen LogP contribution is 2.25. The molecule has 0 radical (unpaired) electrons. The number of hydrogen-bond donors (Lipinski definition) is 1. The second kappa shape index (κ2) is 9.00. The van der Waals surface area contributed by atoms with Gasteiger partial charge in [0.1, 0.15) is 0 Å². The third-order valence-corrected chi connectivity index (χ3v) is 6.07. The molecule has 1 aliphatic carbocycles. The molecule has 1 saturated carbocycles. The van der Waals surface area contributed by atoms with Gasteiger partial charge < -0.3 is 5.73 Å². The van der Waals surface area contributed by atoms with Gasteiger partial charge in [0, 0.05) is 12.6 Å². The Bertz CT molecular complexity index is 347. The van der Waals surface area contributed by atoms with Crippen LogP contribution in [0.15, 0.2) is 0 Å². The summed E-state index contributed by atoms with van der Waals surface area (Å²) in [5.41, 5.74) is 5.58. The van der Waals surface area contributed by atoms with E-state index in [1.54, 1.807) is 4.31 Å². The molecule has 2 N–H and O–H groups in total. The Morgan fingerprint density at radius 1 is 1.15 bits per heavy atom. The first-order valence-corrected chi connectivity index (χ1v) is 9.78. The summed E-state index contributed by atoms with van der Waals surface area (Å²) in [5.74, 6) is 0.710. The number of hydrogen-bond acceptors (Lipinski definition) is 3. The molecule has 1 fully saturated rings. The van der Waals surface area contributed by atoms with E-state index >= 15 is 0 Å². The fourth-order valence-electron chi connectivity index (χ4n) is 2.84. The van der Waals surface area contributed by atoms with Crippen molar-refractivity contribution in [2.24, 2.45) is 11.7 Å². The Morgan fingerprint density at radius 3 is 2.25 bits per heavy atom. The van der Waals surface area contributed by atoms with Gasteiger partial charge in [0.25, 0.3) is 0 Å². The minimum atomic E-state index is -3.13. The van der Waals surface area contributed by atoms with Crippen molar-refractivity contribution >= 4 is 10.0 Å². The summed E-state index contributed by atoms with van der Waals surface area (Å²) < 4.78 is 27.1. The van der Waals surface area contributed by atoms with Crippen molar-refractivity contribution in [3.05, 3.63) is 0 Å². The fraction of sp³-hybridized carbons (Fsp3) is 1.00. The Hall–Kier alpha value is -0.130. The Kier molecular flexibility index (Phi) is 8.07. The van der Waals surface area contributed by atoms with E-state index in [-0.39, 0.29) is 11.8 Å². The predicted molar refractivity (Wildman–Crippen MR) is 85.1 cm³/mol. The van der Waals surface area contributed by atoms with Crippen LogP contribution >= 0.6 is 0 Å². The van der Waals surface area contributed by atoms with Crippen molar-refractivity contribution < 1.29 is 8.42 Å². The molecule has 0 saturated heterocycles. The van der Waals surface area contributed by atoms with Crippen LogP contribution in [0, 0.1) is 5.92 Å². The van der Waals surface area contributed by atoms with Crippen molar-refractivity contribution in [1.82, 2.24) is 4.31 Å². The summed E-state index contributed by atoms with van der Waals surface area (Å²) in [6, 6.07) is 0.209. The van der Waals surface area contributed by atoms with E-state index in [4.69, 9.17) is 5.73 Å². The zero-order chi connectivity index (χ0) is 15.0.